The predicted molar refractivity (Wildman–Crippen MR) is 75.6 cm³/mol. The molecule has 17 heavy (non-hydrogen) atoms. The van der Waals surface area contributed by atoms with Crippen molar-refractivity contribution in [1.82, 2.24) is 5.32 Å². The van der Waals surface area contributed by atoms with Gasteiger partial charge in [0, 0.05) is 11.8 Å². The second-order valence-electron chi connectivity index (χ2n) is 6.58. The average Bonchev–Trinajstić information content (AvgIpc) is 2.85. The smallest absolute Gasteiger partial charge is 0.157 e. The molecule has 3 rings (SSSR count). The maximum atomic E-state index is 5.02. The van der Waals surface area contributed by atoms with Gasteiger partial charge in [0.2, 0.25) is 0 Å². The molecule has 2 saturated carbocycles. The van der Waals surface area contributed by atoms with Gasteiger partial charge in [0.25, 0.3) is 0 Å². The number of thioether (sulfide) groups is 1. The van der Waals surface area contributed by atoms with Crippen LogP contribution in [0.4, 0.5) is 0 Å². The van der Waals surface area contributed by atoms with Crippen LogP contribution >= 0.6 is 11.8 Å². The minimum absolute atomic E-state index is 0.418. The van der Waals surface area contributed by atoms with Gasteiger partial charge in [0.05, 0.1) is 6.04 Å². The van der Waals surface area contributed by atoms with Gasteiger partial charge in [-0.15, -0.1) is 0 Å². The first-order chi connectivity index (χ1) is 8.15. The summed E-state index contributed by atoms with van der Waals surface area (Å²) < 4.78 is 0. The molecule has 0 aromatic carbocycles. The van der Waals surface area contributed by atoms with Crippen LogP contribution in [0.1, 0.15) is 52.4 Å². The molecular weight excluding hydrogens is 228 g/mol. The topological polar surface area (TPSA) is 24.4 Å². The van der Waals surface area contributed by atoms with Gasteiger partial charge in [0.1, 0.15) is 0 Å². The zero-order valence-electron chi connectivity index (χ0n) is 11.0. The number of hydrogen-bond acceptors (Lipinski definition) is 2. The van der Waals surface area contributed by atoms with Gasteiger partial charge in [-0.05, 0) is 37.0 Å². The molecule has 1 N–H and O–H groups in total. The van der Waals surface area contributed by atoms with Gasteiger partial charge < -0.3 is 5.32 Å². The third-order valence-corrected chi connectivity index (χ3v) is 5.97. The Kier molecular flexibility index (Phi) is 3.14. The Labute approximate surface area is 109 Å². The maximum Gasteiger partial charge on any atom is 0.157 e. The Morgan fingerprint density at radius 1 is 1.24 bits per heavy atom. The Hall–Kier alpha value is -0.180. The van der Waals surface area contributed by atoms with Crippen LogP contribution in [0.2, 0.25) is 0 Å². The lowest BCUT2D eigenvalue weighted by atomic mass is 9.88. The van der Waals surface area contributed by atoms with Gasteiger partial charge in [-0.3, -0.25) is 4.99 Å². The van der Waals surface area contributed by atoms with Crippen LogP contribution in [-0.2, 0) is 0 Å². The normalized spacial score (nSPS) is 42.5. The third-order valence-electron chi connectivity index (χ3n) is 4.88. The highest BCUT2D eigenvalue weighted by Crippen LogP contribution is 2.40. The first-order valence-corrected chi connectivity index (χ1v) is 8.11. The summed E-state index contributed by atoms with van der Waals surface area (Å²) in [4.78, 5) is 5.02. The third kappa shape index (κ3) is 2.35. The highest BCUT2D eigenvalue weighted by atomic mass is 32.2. The van der Waals surface area contributed by atoms with Crippen LogP contribution < -0.4 is 5.32 Å². The van der Waals surface area contributed by atoms with Crippen LogP contribution in [0.3, 0.4) is 0 Å². The van der Waals surface area contributed by atoms with Crippen molar-refractivity contribution >= 4 is 16.9 Å². The first kappa shape index (κ1) is 11.9. The number of rotatable bonds is 1. The maximum absolute atomic E-state index is 5.02. The molecule has 0 bridgehead atoms. The van der Waals surface area contributed by atoms with Gasteiger partial charge in [-0.2, -0.15) is 0 Å². The first-order valence-electron chi connectivity index (χ1n) is 7.12. The van der Waals surface area contributed by atoms with Crippen LogP contribution in [0.5, 0.6) is 0 Å². The molecule has 0 aromatic rings. The van der Waals surface area contributed by atoms with Crippen molar-refractivity contribution in [3.05, 3.63) is 0 Å². The summed E-state index contributed by atoms with van der Waals surface area (Å²) in [5, 5.41) is 4.94. The Morgan fingerprint density at radius 2 is 2.12 bits per heavy atom. The highest BCUT2D eigenvalue weighted by Gasteiger charge is 2.36. The van der Waals surface area contributed by atoms with Crippen LogP contribution in [0.25, 0.3) is 0 Å². The number of nitrogens with one attached hydrogen (secondary N) is 1. The lowest BCUT2D eigenvalue weighted by Crippen LogP contribution is -2.42. The number of amidine groups is 1. The fraction of sp³-hybridized carbons (Fsp3) is 0.929. The van der Waals surface area contributed by atoms with Crippen molar-refractivity contribution in [2.45, 2.75) is 64.5 Å². The largest absolute Gasteiger partial charge is 0.362 e. The summed E-state index contributed by atoms with van der Waals surface area (Å²) in [7, 11) is 0. The number of fused-ring (bicyclic) bond motifs is 1. The summed E-state index contributed by atoms with van der Waals surface area (Å²) in [5.41, 5.74) is 0.418. The van der Waals surface area contributed by atoms with E-state index < -0.39 is 0 Å². The van der Waals surface area contributed by atoms with Crippen molar-refractivity contribution in [1.29, 1.82) is 0 Å². The summed E-state index contributed by atoms with van der Waals surface area (Å²) in [6.45, 7) is 4.75. The van der Waals surface area contributed by atoms with E-state index >= 15 is 0 Å². The summed E-state index contributed by atoms with van der Waals surface area (Å²) >= 11 is 1.97. The second-order valence-corrected chi connectivity index (χ2v) is 7.59. The van der Waals surface area contributed by atoms with E-state index in [0.717, 1.165) is 12.0 Å². The molecule has 3 atom stereocenters. The molecule has 3 heteroatoms. The minimum atomic E-state index is 0.418. The van der Waals surface area contributed by atoms with Crippen molar-refractivity contribution in [3.8, 4) is 0 Å². The lowest BCUT2D eigenvalue weighted by molar-refractivity contribution is 0.333. The van der Waals surface area contributed by atoms with Gasteiger partial charge in [0.15, 0.2) is 5.17 Å². The van der Waals surface area contributed by atoms with E-state index in [1.54, 1.807) is 0 Å². The number of aliphatic imine (C=N–C) groups is 1. The summed E-state index contributed by atoms with van der Waals surface area (Å²) in [5.74, 6) is 2.21. The SMILES string of the molecule is CC1(C)CCCC1N=C1NC2CCCC2CS1. The molecule has 1 aliphatic heterocycles. The van der Waals surface area contributed by atoms with E-state index in [0.29, 0.717) is 11.5 Å². The zero-order chi connectivity index (χ0) is 11.9. The van der Waals surface area contributed by atoms with Crippen LogP contribution in [0, 0.1) is 11.3 Å². The van der Waals surface area contributed by atoms with Crippen molar-refractivity contribution < 1.29 is 0 Å². The molecule has 3 aliphatic rings. The van der Waals surface area contributed by atoms with Crippen LogP contribution in [-0.4, -0.2) is 23.0 Å². The molecule has 0 amide bonds. The van der Waals surface area contributed by atoms with Crippen LogP contribution in [0.15, 0.2) is 4.99 Å². The Balaban J connectivity index is 1.68. The highest BCUT2D eigenvalue weighted by molar-refractivity contribution is 8.13. The number of hydrogen-bond donors (Lipinski definition) is 1. The molecule has 3 unspecified atom stereocenters. The molecule has 2 nitrogen and oxygen atoms in total. The lowest BCUT2D eigenvalue weighted by Gasteiger charge is -2.30. The molecule has 3 fully saturated rings. The van der Waals surface area contributed by atoms with Crippen molar-refractivity contribution in [3.63, 3.8) is 0 Å². The van der Waals surface area contributed by atoms with Gasteiger partial charge in [-0.25, -0.2) is 0 Å². The van der Waals surface area contributed by atoms with E-state index in [1.807, 2.05) is 11.8 Å². The Bertz CT molecular complexity index is 324. The molecule has 96 valence electrons. The zero-order valence-corrected chi connectivity index (χ0v) is 11.9. The Morgan fingerprint density at radius 3 is 2.88 bits per heavy atom. The fourth-order valence-corrected chi connectivity index (χ4v) is 4.78. The fourth-order valence-electron chi connectivity index (χ4n) is 3.58. The minimum Gasteiger partial charge on any atom is -0.362 e. The van der Waals surface area contributed by atoms with Gasteiger partial charge in [-0.1, -0.05) is 38.5 Å². The molecule has 1 saturated heterocycles. The molecule has 0 spiro atoms. The molecule has 2 aliphatic carbocycles. The number of nitrogens with zero attached hydrogens (tertiary/aromatic N) is 1. The monoisotopic (exact) mass is 252 g/mol. The average molecular weight is 252 g/mol. The molecule has 1 heterocycles. The summed E-state index contributed by atoms with van der Waals surface area (Å²) in [6.07, 6.45) is 8.17. The molecule has 0 aromatic heterocycles. The van der Waals surface area contributed by atoms with E-state index in [4.69, 9.17) is 4.99 Å². The molecule has 0 radical (unpaired) electrons. The summed E-state index contributed by atoms with van der Waals surface area (Å²) in [6, 6.07) is 1.29. The van der Waals surface area contributed by atoms with E-state index in [9.17, 15) is 0 Å². The van der Waals surface area contributed by atoms with Gasteiger partial charge >= 0.3 is 0 Å². The van der Waals surface area contributed by atoms with E-state index in [-0.39, 0.29) is 0 Å². The predicted octanol–water partition coefficient (Wildman–Crippen LogP) is 3.43. The van der Waals surface area contributed by atoms with E-state index in [1.165, 1.54) is 49.4 Å². The van der Waals surface area contributed by atoms with E-state index in [2.05, 4.69) is 19.2 Å². The standard InChI is InChI=1S/C14H24N2S/c1-14(2)8-4-7-12(14)16-13-15-11-6-3-5-10(11)9-17-13/h10-12H,3-9H2,1-2H3,(H,15,16). The van der Waals surface area contributed by atoms with Crippen molar-refractivity contribution in [2.24, 2.45) is 16.3 Å². The second kappa shape index (κ2) is 4.49. The quantitative estimate of drug-likeness (QED) is 0.773. The molecular formula is C14H24N2S. The van der Waals surface area contributed by atoms with Crippen molar-refractivity contribution in [2.75, 3.05) is 5.75 Å².